The Morgan fingerprint density at radius 2 is 1.04 bits per heavy atom. The summed E-state index contributed by atoms with van der Waals surface area (Å²) in [6.45, 7) is 7.62. The molecule has 0 unspecified atom stereocenters. The maximum atomic E-state index is 10.8. The minimum atomic E-state index is -0.309. The first kappa shape index (κ1) is 30.0. The number of halogens is 2. The van der Waals surface area contributed by atoms with Crippen molar-refractivity contribution < 1.29 is 45.2 Å². The van der Waals surface area contributed by atoms with Crippen molar-refractivity contribution >= 4 is 19.1 Å². The number of unbranched alkanes of at least 4 members (excludes halogenated alkanes) is 2. The zero-order chi connectivity index (χ0) is 21.9. The van der Waals surface area contributed by atoms with E-state index in [9.17, 15) is 9.59 Å². The van der Waals surface area contributed by atoms with Gasteiger partial charge in [0, 0.05) is 25.0 Å². The molecule has 0 spiro atoms. The first-order valence-corrected chi connectivity index (χ1v) is 11.9. The Bertz CT molecular complexity index is 682. The molecule has 0 aliphatic carbocycles. The Hall–Kier alpha value is -0.195. The predicted molar refractivity (Wildman–Crippen MR) is 106 cm³/mol. The van der Waals surface area contributed by atoms with E-state index in [1.54, 1.807) is 25.0 Å². The molecular weight excluding hydrogens is 588 g/mol. The minimum absolute atomic E-state index is 0.309. The van der Waals surface area contributed by atoms with E-state index in [1.165, 1.54) is 12.1 Å². The van der Waals surface area contributed by atoms with Crippen LogP contribution in [0, 0.1) is 52.4 Å². The van der Waals surface area contributed by atoms with Crippen molar-refractivity contribution in [3.63, 3.8) is 0 Å². The van der Waals surface area contributed by atoms with Crippen LogP contribution in [0.15, 0.2) is 42.7 Å². The standard InChI is InChI=1S/2C10H11O2.2ClH.2Pd/c2*1-3-4-5-9-8(2)6-7-10(11)12-9;;;;/h2*3-7H,1-2H3;2*1H;;/q;;;;2*+2/p-2. The molecule has 0 aromatic carbocycles. The Labute approximate surface area is 197 Å². The van der Waals surface area contributed by atoms with Crippen LogP contribution in [0.3, 0.4) is 0 Å². The second kappa shape index (κ2) is 20.1. The first-order chi connectivity index (χ1) is 13.5. The predicted octanol–water partition coefficient (Wildman–Crippen LogP) is 5.23. The fourth-order valence-corrected chi connectivity index (χ4v) is 1.69. The summed E-state index contributed by atoms with van der Waals surface area (Å²) in [4.78, 5) is 21.6. The van der Waals surface area contributed by atoms with Crippen molar-refractivity contribution in [1.82, 2.24) is 0 Å². The van der Waals surface area contributed by atoms with Gasteiger partial charge in [-0.3, -0.25) is 0 Å². The van der Waals surface area contributed by atoms with Crippen LogP contribution in [-0.4, -0.2) is 0 Å². The van der Waals surface area contributed by atoms with Crippen LogP contribution in [0.5, 0.6) is 0 Å². The molecule has 0 N–H and O–H groups in total. The van der Waals surface area contributed by atoms with Gasteiger partial charge in [0.1, 0.15) is 11.5 Å². The molecule has 0 bridgehead atoms. The van der Waals surface area contributed by atoms with E-state index >= 15 is 0 Å². The van der Waals surface area contributed by atoms with Crippen molar-refractivity contribution in [2.45, 2.75) is 27.7 Å². The van der Waals surface area contributed by atoms with E-state index in [-0.39, 0.29) is 11.3 Å². The summed E-state index contributed by atoms with van der Waals surface area (Å²) in [6.07, 6.45) is 11.0. The van der Waals surface area contributed by atoms with Crippen LogP contribution < -0.4 is 11.3 Å². The summed E-state index contributed by atoms with van der Waals surface area (Å²) in [5.74, 6) is 1.25. The molecule has 28 heavy (non-hydrogen) atoms. The van der Waals surface area contributed by atoms with E-state index < -0.39 is 0 Å². The van der Waals surface area contributed by atoms with Crippen molar-refractivity contribution in [2.24, 2.45) is 0 Å². The van der Waals surface area contributed by atoms with Crippen molar-refractivity contribution in [2.75, 3.05) is 0 Å². The molecule has 0 aliphatic rings. The van der Waals surface area contributed by atoms with Crippen molar-refractivity contribution in [3.8, 4) is 0 Å². The average Bonchev–Trinajstić information content (AvgIpc) is 2.73. The van der Waals surface area contributed by atoms with E-state index in [1.807, 2.05) is 53.4 Å². The topological polar surface area (TPSA) is 60.4 Å². The van der Waals surface area contributed by atoms with Gasteiger partial charge in [0.25, 0.3) is 0 Å². The quantitative estimate of drug-likeness (QED) is 0.421. The van der Waals surface area contributed by atoms with Crippen molar-refractivity contribution in [3.05, 3.63) is 106 Å². The van der Waals surface area contributed by atoms with Crippen LogP contribution in [0.4, 0.5) is 0 Å². The zero-order valence-electron chi connectivity index (χ0n) is 15.8. The Kier molecular flexibility index (Phi) is 21.5. The van der Waals surface area contributed by atoms with Crippen molar-refractivity contribution in [1.29, 1.82) is 0 Å². The van der Waals surface area contributed by atoms with Crippen LogP contribution in [0.2, 0.25) is 0 Å². The number of hydrogen-bond donors (Lipinski definition) is 0. The van der Waals surface area contributed by atoms with Gasteiger partial charge in [0.2, 0.25) is 0 Å². The molecule has 158 valence electrons. The number of aryl methyl sites for hydroxylation is 2. The van der Waals surface area contributed by atoms with Gasteiger partial charge in [-0.1, -0.05) is 13.8 Å². The van der Waals surface area contributed by atoms with Crippen LogP contribution in [0.25, 0.3) is 0 Å². The monoisotopic (exact) mass is 608 g/mol. The molecule has 2 aromatic rings. The van der Waals surface area contributed by atoms with Gasteiger partial charge < -0.3 is 8.83 Å². The van der Waals surface area contributed by atoms with E-state index in [0.717, 1.165) is 11.1 Å². The van der Waals surface area contributed by atoms with E-state index in [0.29, 0.717) is 11.5 Å². The molecule has 0 saturated heterocycles. The normalized spacial score (nSPS) is 9.21. The second-order valence-electron chi connectivity index (χ2n) is 4.99. The van der Waals surface area contributed by atoms with Gasteiger partial charge in [-0.25, -0.2) is 9.59 Å². The molecule has 2 aromatic heterocycles. The first-order valence-electron chi connectivity index (χ1n) is 7.85. The maximum absolute atomic E-state index is 10.8. The summed E-state index contributed by atoms with van der Waals surface area (Å²) in [5.41, 5.74) is 1.31. The summed E-state index contributed by atoms with van der Waals surface area (Å²) >= 11 is 4.44. The summed E-state index contributed by atoms with van der Waals surface area (Å²) in [7, 11) is 8.98. The van der Waals surface area contributed by atoms with Gasteiger partial charge in [0.05, 0.1) is 0 Å². The molecule has 2 rings (SSSR count). The van der Waals surface area contributed by atoms with Crippen LogP contribution in [0.1, 0.15) is 36.5 Å². The Morgan fingerprint density at radius 3 is 1.32 bits per heavy atom. The van der Waals surface area contributed by atoms with Gasteiger partial charge in [0.15, 0.2) is 0 Å². The Morgan fingerprint density at radius 1 is 0.714 bits per heavy atom. The molecule has 0 atom stereocenters. The second-order valence-corrected chi connectivity index (χ2v) is 4.99. The Balaban J connectivity index is 0. The molecular formula is C20H22Cl2O4Pd2+2. The van der Waals surface area contributed by atoms with Crippen LogP contribution in [-0.2, 0) is 36.4 Å². The summed E-state index contributed by atoms with van der Waals surface area (Å²) in [6, 6.07) is 6.34. The molecule has 0 amide bonds. The van der Waals surface area contributed by atoms with Crippen LogP contribution >= 0.6 is 19.1 Å². The fourth-order valence-electron chi connectivity index (χ4n) is 1.69. The summed E-state index contributed by atoms with van der Waals surface area (Å²) < 4.78 is 9.90. The third kappa shape index (κ3) is 13.9. The van der Waals surface area contributed by atoms with Gasteiger partial charge in [-0.15, -0.1) is 0 Å². The molecule has 8 heteroatoms. The molecule has 4 nitrogen and oxygen atoms in total. The number of rotatable bonds is 6. The molecule has 6 radical (unpaired) electrons. The SMILES string of the molecule is C[CH][CH][CH]c1oc(=O)ccc1C.C[CH][CH][CH]c1oc(=O)ccc1C.[Cl][Pd+].[Cl][Pd+]. The van der Waals surface area contributed by atoms with E-state index in [2.05, 4.69) is 55.4 Å². The molecule has 0 saturated carbocycles. The van der Waals surface area contributed by atoms with Gasteiger partial charge in [-0.2, -0.15) is 0 Å². The molecule has 0 aliphatic heterocycles. The molecule has 2 heterocycles. The van der Waals surface area contributed by atoms with E-state index in [4.69, 9.17) is 8.83 Å². The average molecular weight is 610 g/mol. The van der Waals surface area contributed by atoms with Gasteiger partial charge in [-0.05, 0) is 62.8 Å². The third-order valence-electron chi connectivity index (χ3n) is 3.02. The van der Waals surface area contributed by atoms with Gasteiger partial charge >= 0.3 is 66.7 Å². The third-order valence-corrected chi connectivity index (χ3v) is 3.02. The molecule has 0 fully saturated rings. The zero-order valence-corrected chi connectivity index (χ0v) is 20.4. The number of hydrogen-bond acceptors (Lipinski definition) is 4. The fraction of sp³-hybridized carbons (Fsp3) is 0.200. The summed E-state index contributed by atoms with van der Waals surface area (Å²) in [5, 5.41) is 0.